The molecule has 0 aliphatic carbocycles. The van der Waals surface area contributed by atoms with Crippen molar-refractivity contribution in [1.82, 2.24) is 5.32 Å². The zero-order valence-corrected chi connectivity index (χ0v) is 13.6. The maximum Gasteiger partial charge on any atom is 0.0701 e. The average Bonchev–Trinajstić information content (AvgIpc) is 2.98. The molecule has 0 radical (unpaired) electrons. The monoisotopic (exact) mass is 299 g/mol. The Morgan fingerprint density at radius 1 is 1.25 bits per heavy atom. The topological polar surface area (TPSA) is 30.5 Å². The molecule has 3 saturated heterocycles. The van der Waals surface area contributed by atoms with Crippen LogP contribution in [0.4, 0.5) is 0 Å². The summed E-state index contributed by atoms with van der Waals surface area (Å²) >= 11 is 2.09. The molecule has 116 valence electrons. The van der Waals surface area contributed by atoms with E-state index < -0.39 is 0 Å². The van der Waals surface area contributed by atoms with Crippen LogP contribution >= 0.6 is 11.8 Å². The number of hydrogen-bond donors (Lipinski definition) is 1. The summed E-state index contributed by atoms with van der Waals surface area (Å²) in [6, 6.07) is 0.605. The average molecular weight is 299 g/mol. The van der Waals surface area contributed by atoms with E-state index in [0.717, 1.165) is 19.1 Å². The molecular formula is C16H29NO2S. The second-order valence-corrected chi connectivity index (χ2v) is 7.89. The molecule has 3 fully saturated rings. The van der Waals surface area contributed by atoms with Crippen molar-refractivity contribution in [3.05, 3.63) is 0 Å². The van der Waals surface area contributed by atoms with Crippen LogP contribution in [-0.4, -0.2) is 49.5 Å². The Hall–Kier alpha value is 0.230. The first-order chi connectivity index (χ1) is 9.81. The Morgan fingerprint density at radius 3 is 2.80 bits per heavy atom. The van der Waals surface area contributed by atoms with Crippen molar-refractivity contribution >= 4 is 11.8 Å². The van der Waals surface area contributed by atoms with Crippen molar-refractivity contribution in [3.8, 4) is 0 Å². The third-order valence-corrected chi connectivity index (χ3v) is 6.40. The number of rotatable bonds is 4. The van der Waals surface area contributed by atoms with Gasteiger partial charge in [-0.05, 0) is 69.4 Å². The molecule has 20 heavy (non-hydrogen) atoms. The molecule has 3 aliphatic heterocycles. The lowest BCUT2D eigenvalue weighted by Gasteiger charge is -2.45. The SMILES string of the molecule is CNC(CC1CCCO1)C1CCOC2(CCSCC2)C1. The fourth-order valence-corrected chi connectivity index (χ4v) is 5.40. The lowest BCUT2D eigenvalue weighted by molar-refractivity contribution is -0.108. The van der Waals surface area contributed by atoms with Crippen LogP contribution < -0.4 is 5.32 Å². The van der Waals surface area contributed by atoms with Gasteiger partial charge in [-0.15, -0.1) is 0 Å². The summed E-state index contributed by atoms with van der Waals surface area (Å²) < 4.78 is 12.1. The minimum absolute atomic E-state index is 0.208. The van der Waals surface area contributed by atoms with E-state index in [1.165, 1.54) is 56.5 Å². The molecule has 0 aromatic carbocycles. The Labute approximate surface area is 127 Å². The number of ether oxygens (including phenoxy) is 2. The van der Waals surface area contributed by atoms with Gasteiger partial charge in [-0.2, -0.15) is 11.8 Å². The van der Waals surface area contributed by atoms with E-state index in [2.05, 4.69) is 24.1 Å². The van der Waals surface area contributed by atoms with Crippen LogP contribution in [0.25, 0.3) is 0 Å². The molecule has 0 bridgehead atoms. The molecule has 1 spiro atoms. The van der Waals surface area contributed by atoms with Gasteiger partial charge in [0, 0.05) is 19.3 Å². The van der Waals surface area contributed by atoms with Crippen molar-refractivity contribution in [2.75, 3.05) is 31.8 Å². The zero-order valence-electron chi connectivity index (χ0n) is 12.7. The molecule has 3 unspecified atom stereocenters. The standard InChI is InChI=1S/C16H29NO2S/c1-17-15(11-14-3-2-7-18-14)13-4-8-19-16(12-13)5-9-20-10-6-16/h13-15,17H,2-12H2,1H3. The van der Waals surface area contributed by atoms with Gasteiger partial charge >= 0.3 is 0 Å². The fraction of sp³-hybridized carbons (Fsp3) is 1.00. The van der Waals surface area contributed by atoms with E-state index >= 15 is 0 Å². The Bertz CT molecular complexity index is 295. The molecule has 1 N–H and O–H groups in total. The highest BCUT2D eigenvalue weighted by atomic mass is 32.2. The lowest BCUT2D eigenvalue weighted by atomic mass is 9.77. The van der Waals surface area contributed by atoms with Gasteiger partial charge in [0.15, 0.2) is 0 Å². The van der Waals surface area contributed by atoms with Crippen molar-refractivity contribution in [2.24, 2.45) is 5.92 Å². The van der Waals surface area contributed by atoms with Gasteiger partial charge in [0.05, 0.1) is 11.7 Å². The van der Waals surface area contributed by atoms with Crippen LogP contribution in [0.2, 0.25) is 0 Å². The van der Waals surface area contributed by atoms with E-state index in [-0.39, 0.29) is 5.60 Å². The minimum atomic E-state index is 0.208. The Balaban J connectivity index is 1.58. The van der Waals surface area contributed by atoms with Gasteiger partial charge in [0.25, 0.3) is 0 Å². The van der Waals surface area contributed by atoms with E-state index in [1.54, 1.807) is 0 Å². The van der Waals surface area contributed by atoms with Crippen LogP contribution in [-0.2, 0) is 9.47 Å². The quantitative estimate of drug-likeness (QED) is 0.865. The van der Waals surface area contributed by atoms with Gasteiger partial charge in [-0.3, -0.25) is 0 Å². The van der Waals surface area contributed by atoms with Gasteiger partial charge in [-0.1, -0.05) is 0 Å². The van der Waals surface area contributed by atoms with E-state index in [1.807, 2.05) is 0 Å². The molecule has 0 aromatic rings. The maximum atomic E-state index is 6.23. The minimum Gasteiger partial charge on any atom is -0.378 e. The smallest absolute Gasteiger partial charge is 0.0701 e. The van der Waals surface area contributed by atoms with Crippen LogP contribution in [0.15, 0.2) is 0 Å². The van der Waals surface area contributed by atoms with Crippen LogP contribution in [0, 0.1) is 5.92 Å². The van der Waals surface area contributed by atoms with Gasteiger partial charge in [0.2, 0.25) is 0 Å². The predicted molar refractivity (Wildman–Crippen MR) is 84.4 cm³/mol. The fourth-order valence-electron chi connectivity index (χ4n) is 4.16. The predicted octanol–water partition coefficient (Wildman–Crippen LogP) is 2.84. The summed E-state index contributed by atoms with van der Waals surface area (Å²) in [4.78, 5) is 0. The molecule has 0 aromatic heterocycles. The molecular weight excluding hydrogens is 270 g/mol. The highest BCUT2D eigenvalue weighted by Gasteiger charge is 2.41. The van der Waals surface area contributed by atoms with Crippen molar-refractivity contribution in [2.45, 2.75) is 62.7 Å². The summed E-state index contributed by atoms with van der Waals surface area (Å²) in [6.45, 7) is 1.93. The summed E-state index contributed by atoms with van der Waals surface area (Å²) in [6.07, 6.45) is 9.16. The van der Waals surface area contributed by atoms with Gasteiger partial charge < -0.3 is 14.8 Å². The molecule has 3 rings (SSSR count). The lowest BCUT2D eigenvalue weighted by Crippen LogP contribution is -2.48. The highest BCUT2D eigenvalue weighted by molar-refractivity contribution is 7.99. The Morgan fingerprint density at radius 2 is 2.10 bits per heavy atom. The summed E-state index contributed by atoms with van der Waals surface area (Å²) in [7, 11) is 2.12. The summed E-state index contributed by atoms with van der Waals surface area (Å²) in [5, 5.41) is 3.58. The summed E-state index contributed by atoms with van der Waals surface area (Å²) in [5.74, 6) is 3.33. The molecule has 3 nitrogen and oxygen atoms in total. The van der Waals surface area contributed by atoms with E-state index in [0.29, 0.717) is 12.1 Å². The number of hydrogen-bond acceptors (Lipinski definition) is 4. The molecule has 3 aliphatic rings. The second kappa shape index (κ2) is 6.99. The maximum absolute atomic E-state index is 6.23. The first-order valence-corrected chi connectivity index (χ1v) is 9.47. The molecule has 0 saturated carbocycles. The van der Waals surface area contributed by atoms with Crippen molar-refractivity contribution in [1.29, 1.82) is 0 Å². The first-order valence-electron chi connectivity index (χ1n) is 8.32. The van der Waals surface area contributed by atoms with Crippen LogP contribution in [0.3, 0.4) is 0 Å². The zero-order chi connectivity index (χ0) is 13.8. The van der Waals surface area contributed by atoms with E-state index in [9.17, 15) is 0 Å². The van der Waals surface area contributed by atoms with Gasteiger partial charge in [-0.25, -0.2) is 0 Å². The second-order valence-electron chi connectivity index (χ2n) is 6.66. The largest absolute Gasteiger partial charge is 0.378 e. The number of thioether (sulfide) groups is 1. The van der Waals surface area contributed by atoms with E-state index in [4.69, 9.17) is 9.47 Å². The first kappa shape index (κ1) is 15.1. The third kappa shape index (κ3) is 3.52. The molecule has 4 heteroatoms. The third-order valence-electron chi connectivity index (χ3n) is 5.42. The molecule has 3 atom stereocenters. The van der Waals surface area contributed by atoms with Crippen molar-refractivity contribution in [3.63, 3.8) is 0 Å². The normalized spacial score (nSPS) is 35.2. The highest BCUT2D eigenvalue weighted by Crippen LogP contribution is 2.41. The number of nitrogens with one attached hydrogen (secondary N) is 1. The van der Waals surface area contributed by atoms with Crippen LogP contribution in [0.1, 0.15) is 44.9 Å². The van der Waals surface area contributed by atoms with Crippen molar-refractivity contribution < 1.29 is 9.47 Å². The van der Waals surface area contributed by atoms with Crippen LogP contribution in [0.5, 0.6) is 0 Å². The Kier molecular flexibility index (Phi) is 5.29. The molecule has 3 heterocycles. The summed E-state index contributed by atoms with van der Waals surface area (Å²) in [5.41, 5.74) is 0.208. The van der Waals surface area contributed by atoms with Gasteiger partial charge in [0.1, 0.15) is 0 Å². The molecule has 0 amide bonds.